The van der Waals surface area contributed by atoms with E-state index in [1.165, 1.54) is 11.0 Å². The summed E-state index contributed by atoms with van der Waals surface area (Å²) in [5, 5.41) is 1.72. The van der Waals surface area contributed by atoms with Gasteiger partial charge in [-0.25, -0.2) is 8.42 Å². The molecule has 2 atom stereocenters. The van der Waals surface area contributed by atoms with E-state index in [1.54, 1.807) is 24.0 Å². The molecule has 33 heavy (non-hydrogen) atoms. The third kappa shape index (κ3) is 5.16. The zero-order chi connectivity index (χ0) is 23.6. The van der Waals surface area contributed by atoms with E-state index < -0.39 is 22.1 Å². The van der Waals surface area contributed by atoms with Gasteiger partial charge in [0.1, 0.15) is 12.1 Å². The van der Waals surface area contributed by atoms with E-state index in [9.17, 15) is 18.0 Å². The number of alkyl halides is 1. The fraction of sp³-hybridized carbons (Fsp3) is 0.478. The third-order valence-electron chi connectivity index (χ3n) is 6.25. The summed E-state index contributed by atoms with van der Waals surface area (Å²) in [5.41, 5.74) is 1.09. The molecule has 0 saturated carbocycles. The SMILES string of the molecule is C[C@@H](C(=O)N1CCOCC1)N1CCC(NS(=O)(=O)c2ccc3cc(CCCl)ccc3c2)C1=O. The number of halogens is 1. The molecule has 2 fully saturated rings. The number of amides is 2. The third-order valence-corrected chi connectivity index (χ3v) is 7.91. The van der Waals surface area contributed by atoms with Crippen LogP contribution in [0, 0.1) is 0 Å². The summed E-state index contributed by atoms with van der Waals surface area (Å²) in [6.45, 7) is 3.97. The number of aryl methyl sites for hydroxylation is 1. The number of hydrogen-bond donors (Lipinski definition) is 1. The van der Waals surface area contributed by atoms with Gasteiger partial charge in [-0.1, -0.05) is 24.3 Å². The Hall–Kier alpha value is -2.20. The van der Waals surface area contributed by atoms with Crippen LogP contribution >= 0.6 is 11.6 Å². The first kappa shape index (κ1) is 23.9. The van der Waals surface area contributed by atoms with Gasteiger partial charge in [0.25, 0.3) is 0 Å². The minimum atomic E-state index is -3.91. The lowest BCUT2D eigenvalue weighted by Crippen LogP contribution is -2.52. The average molecular weight is 494 g/mol. The number of nitrogens with zero attached hydrogens (tertiary/aromatic N) is 2. The van der Waals surface area contributed by atoms with Gasteiger partial charge in [0.05, 0.1) is 18.1 Å². The fourth-order valence-corrected chi connectivity index (χ4v) is 5.81. The van der Waals surface area contributed by atoms with Gasteiger partial charge in [-0.15, -0.1) is 11.6 Å². The highest BCUT2D eigenvalue weighted by molar-refractivity contribution is 7.89. The molecule has 2 heterocycles. The van der Waals surface area contributed by atoms with Gasteiger partial charge in [-0.3, -0.25) is 9.59 Å². The molecule has 0 aliphatic carbocycles. The van der Waals surface area contributed by atoms with Crippen molar-refractivity contribution in [2.24, 2.45) is 0 Å². The fourth-order valence-electron chi connectivity index (χ4n) is 4.34. The van der Waals surface area contributed by atoms with Crippen LogP contribution < -0.4 is 4.72 Å². The monoisotopic (exact) mass is 493 g/mol. The summed E-state index contributed by atoms with van der Waals surface area (Å²) in [5.74, 6) is 0.00255. The Morgan fingerprint density at radius 1 is 1.15 bits per heavy atom. The van der Waals surface area contributed by atoms with Gasteiger partial charge in [-0.05, 0) is 48.2 Å². The number of hydrogen-bond acceptors (Lipinski definition) is 5. The van der Waals surface area contributed by atoms with Crippen LogP contribution in [-0.4, -0.2) is 80.8 Å². The zero-order valence-corrected chi connectivity index (χ0v) is 20.1. The molecule has 4 rings (SSSR count). The van der Waals surface area contributed by atoms with E-state index in [-0.39, 0.29) is 16.7 Å². The Kier molecular flexibility index (Phi) is 7.23. The molecule has 1 unspecified atom stereocenters. The van der Waals surface area contributed by atoms with Gasteiger partial charge in [-0.2, -0.15) is 4.72 Å². The van der Waals surface area contributed by atoms with Crippen molar-refractivity contribution in [3.05, 3.63) is 42.0 Å². The smallest absolute Gasteiger partial charge is 0.245 e. The first-order valence-electron chi connectivity index (χ1n) is 11.1. The average Bonchev–Trinajstić information content (AvgIpc) is 3.17. The summed E-state index contributed by atoms with van der Waals surface area (Å²) in [6, 6.07) is 9.16. The Morgan fingerprint density at radius 2 is 1.85 bits per heavy atom. The van der Waals surface area contributed by atoms with E-state index in [0.717, 1.165) is 22.8 Å². The molecule has 0 aromatic heterocycles. The van der Waals surface area contributed by atoms with Gasteiger partial charge in [0, 0.05) is 25.5 Å². The molecular weight excluding hydrogens is 466 g/mol. The van der Waals surface area contributed by atoms with Crippen LogP contribution in [0.5, 0.6) is 0 Å². The molecule has 2 aromatic carbocycles. The Bertz CT molecular complexity index is 1150. The van der Waals surface area contributed by atoms with Crippen molar-refractivity contribution in [1.82, 2.24) is 14.5 Å². The standard InChI is InChI=1S/C23H28ClN3O5S/c1-16(22(28)26-10-12-32-13-11-26)27-9-7-21(23(27)29)25-33(30,31)20-5-4-18-14-17(6-8-24)2-3-19(18)15-20/h2-5,14-16,21,25H,6-13H2,1H3/t16-,21?/m0/s1. The summed E-state index contributed by atoms with van der Waals surface area (Å²) < 4.78 is 33.8. The summed E-state index contributed by atoms with van der Waals surface area (Å²) in [7, 11) is -3.91. The molecule has 178 valence electrons. The molecule has 0 spiro atoms. The molecule has 0 bridgehead atoms. The molecule has 10 heteroatoms. The number of sulfonamides is 1. The van der Waals surface area contributed by atoms with E-state index in [1.807, 2.05) is 18.2 Å². The molecule has 2 aliphatic heterocycles. The normalized spacial score (nSPS) is 20.4. The Morgan fingerprint density at radius 3 is 2.58 bits per heavy atom. The number of ether oxygens (including phenoxy) is 1. The van der Waals surface area contributed by atoms with Crippen LogP contribution in [-0.2, 0) is 30.8 Å². The Labute approximate surface area is 198 Å². The van der Waals surface area contributed by atoms with Gasteiger partial charge in [0.2, 0.25) is 21.8 Å². The lowest BCUT2D eigenvalue weighted by atomic mass is 10.1. The van der Waals surface area contributed by atoms with Crippen molar-refractivity contribution >= 4 is 44.2 Å². The summed E-state index contributed by atoms with van der Waals surface area (Å²) >= 11 is 5.81. The Balaban J connectivity index is 1.45. The lowest BCUT2D eigenvalue weighted by molar-refractivity contribution is -0.146. The van der Waals surface area contributed by atoms with Crippen LogP contribution in [0.1, 0.15) is 18.9 Å². The predicted molar refractivity (Wildman–Crippen MR) is 126 cm³/mol. The van der Waals surface area contributed by atoms with E-state index in [4.69, 9.17) is 16.3 Å². The largest absolute Gasteiger partial charge is 0.378 e. The topological polar surface area (TPSA) is 96.0 Å². The maximum Gasteiger partial charge on any atom is 0.245 e. The van der Waals surface area contributed by atoms with E-state index in [0.29, 0.717) is 45.1 Å². The van der Waals surface area contributed by atoms with E-state index in [2.05, 4.69) is 4.72 Å². The van der Waals surface area contributed by atoms with Gasteiger partial charge in [0.15, 0.2) is 0 Å². The number of rotatable bonds is 7. The summed E-state index contributed by atoms with van der Waals surface area (Å²) in [4.78, 5) is 29.0. The number of carbonyl (C=O) groups excluding carboxylic acids is 2. The summed E-state index contributed by atoms with van der Waals surface area (Å²) in [6.07, 6.45) is 1.06. The van der Waals surface area contributed by atoms with Crippen molar-refractivity contribution in [2.45, 2.75) is 36.7 Å². The second kappa shape index (κ2) is 9.97. The van der Waals surface area contributed by atoms with Crippen LogP contribution in [0.4, 0.5) is 0 Å². The highest BCUT2D eigenvalue weighted by Crippen LogP contribution is 2.23. The van der Waals surface area contributed by atoms with Gasteiger partial charge >= 0.3 is 0 Å². The molecule has 2 aliphatic rings. The van der Waals surface area contributed by atoms with Crippen molar-refractivity contribution in [3.63, 3.8) is 0 Å². The van der Waals surface area contributed by atoms with Crippen molar-refractivity contribution in [1.29, 1.82) is 0 Å². The number of benzene rings is 2. The second-order valence-electron chi connectivity index (χ2n) is 8.39. The molecule has 8 nitrogen and oxygen atoms in total. The van der Waals surface area contributed by atoms with Crippen molar-refractivity contribution in [3.8, 4) is 0 Å². The van der Waals surface area contributed by atoms with Crippen molar-refractivity contribution < 1.29 is 22.7 Å². The van der Waals surface area contributed by atoms with Crippen LogP contribution in [0.3, 0.4) is 0 Å². The van der Waals surface area contributed by atoms with Crippen LogP contribution in [0.15, 0.2) is 41.3 Å². The van der Waals surface area contributed by atoms with Crippen LogP contribution in [0.25, 0.3) is 10.8 Å². The lowest BCUT2D eigenvalue weighted by Gasteiger charge is -2.32. The molecule has 2 amide bonds. The second-order valence-corrected chi connectivity index (χ2v) is 10.5. The zero-order valence-electron chi connectivity index (χ0n) is 18.5. The first-order valence-corrected chi connectivity index (χ1v) is 13.1. The maximum atomic E-state index is 13.0. The molecule has 2 aromatic rings. The number of likely N-dealkylation sites (tertiary alicyclic amines) is 1. The highest BCUT2D eigenvalue weighted by Gasteiger charge is 2.40. The molecule has 2 saturated heterocycles. The minimum Gasteiger partial charge on any atom is -0.378 e. The minimum absolute atomic E-state index is 0.101. The number of morpholine rings is 1. The van der Waals surface area contributed by atoms with E-state index >= 15 is 0 Å². The molecular formula is C23H28ClN3O5S. The number of carbonyl (C=O) groups is 2. The van der Waals surface area contributed by atoms with Crippen molar-refractivity contribution in [2.75, 3.05) is 38.7 Å². The van der Waals surface area contributed by atoms with Gasteiger partial charge < -0.3 is 14.5 Å². The molecule has 1 N–H and O–H groups in total. The number of fused-ring (bicyclic) bond motifs is 1. The highest BCUT2D eigenvalue weighted by atomic mass is 35.5. The maximum absolute atomic E-state index is 13.0. The first-order chi connectivity index (χ1) is 15.8. The molecule has 0 radical (unpaired) electrons. The quantitative estimate of drug-likeness (QED) is 0.593. The predicted octanol–water partition coefficient (Wildman–Crippen LogP) is 1.75. The van der Waals surface area contributed by atoms with Crippen LogP contribution in [0.2, 0.25) is 0 Å². The number of nitrogens with one attached hydrogen (secondary N) is 1.